The van der Waals surface area contributed by atoms with E-state index in [4.69, 9.17) is 0 Å². The minimum absolute atomic E-state index is 0.0370. The highest BCUT2D eigenvalue weighted by molar-refractivity contribution is 4.76. The van der Waals surface area contributed by atoms with Gasteiger partial charge in [0.25, 0.3) is 0 Å². The summed E-state index contributed by atoms with van der Waals surface area (Å²) in [7, 11) is 1.84. The smallest absolute Gasteiger partial charge is 0.0810 e. The Morgan fingerprint density at radius 1 is 1.00 bits per heavy atom. The Morgan fingerprint density at radius 2 is 1.36 bits per heavy atom. The van der Waals surface area contributed by atoms with Gasteiger partial charge in [-0.2, -0.15) is 0 Å². The summed E-state index contributed by atoms with van der Waals surface area (Å²) >= 11 is 0. The molecule has 0 atom stereocenters. The summed E-state index contributed by atoms with van der Waals surface area (Å²) in [5, 5.41) is 11.7. The second kappa shape index (κ2) is 2.46. The topological polar surface area (TPSA) is 23.1 Å². The van der Waals surface area contributed by atoms with Crippen LogP contribution in [0.2, 0.25) is 0 Å². The zero-order valence-corrected chi connectivity index (χ0v) is 7.25. The van der Waals surface area contributed by atoms with Crippen LogP contribution < -0.4 is 0 Å². The molecule has 64 valence electrons. The lowest BCUT2D eigenvalue weighted by Gasteiger charge is -2.39. The summed E-state index contributed by atoms with van der Waals surface area (Å²) in [6, 6.07) is 0. The summed E-state index contributed by atoms with van der Waals surface area (Å²) in [4.78, 5) is 0. The molecule has 0 radical (unpaired) electrons. The number of fused-ring (bicyclic) bond motifs is 4. The fourth-order valence-electron chi connectivity index (χ4n) is 2.76. The molecule has 2 aliphatic heterocycles. The molecule has 0 aromatic carbocycles. The van der Waals surface area contributed by atoms with E-state index in [1.807, 2.05) is 7.05 Å². The van der Waals surface area contributed by atoms with Gasteiger partial charge in [-0.15, -0.1) is 0 Å². The van der Waals surface area contributed by atoms with Gasteiger partial charge in [-0.25, -0.2) is 0 Å². The zero-order chi connectivity index (χ0) is 7.90. The SMILES string of the molecule is C[N+]1([O-])CC2CCC(CC2)C1. The molecule has 1 aliphatic carbocycles. The molecule has 0 N–H and O–H groups in total. The third-order valence-corrected chi connectivity index (χ3v) is 3.26. The van der Waals surface area contributed by atoms with Crippen molar-refractivity contribution >= 4 is 0 Å². The van der Waals surface area contributed by atoms with E-state index in [0.29, 0.717) is 0 Å². The van der Waals surface area contributed by atoms with E-state index < -0.39 is 0 Å². The maximum Gasteiger partial charge on any atom is 0.0810 e. The van der Waals surface area contributed by atoms with Crippen molar-refractivity contribution in [2.75, 3.05) is 20.1 Å². The molecule has 1 saturated carbocycles. The van der Waals surface area contributed by atoms with Gasteiger partial charge < -0.3 is 9.85 Å². The maximum absolute atomic E-state index is 11.7. The normalized spacial score (nSPS) is 50.7. The Balaban J connectivity index is 2.12. The van der Waals surface area contributed by atoms with Gasteiger partial charge in [-0.3, -0.25) is 0 Å². The average molecular weight is 155 g/mol. The molecule has 3 aliphatic rings. The predicted octanol–water partition coefficient (Wildman–Crippen LogP) is 1.75. The van der Waals surface area contributed by atoms with Gasteiger partial charge >= 0.3 is 0 Å². The first kappa shape index (κ1) is 7.56. The summed E-state index contributed by atoms with van der Waals surface area (Å²) < 4.78 is 0.0370. The Hall–Kier alpha value is -0.0800. The lowest BCUT2D eigenvalue weighted by molar-refractivity contribution is -0.864. The Kier molecular flexibility index (Phi) is 1.69. The first-order valence-electron chi connectivity index (χ1n) is 4.71. The summed E-state index contributed by atoms with van der Waals surface area (Å²) in [6.45, 7) is 1.77. The van der Waals surface area contributed by atoms with Crippen LogP contribution in [0.4, 0.5) is 0 Å². The number of rotatable bonds is 0. The van der Waals surface area contributed by atoms with Gasteiger partial charge in [-0.1, -0.05) is 0 Å². The molecule has 2 saturated heterocycles. The van der Waals surface area contributed by atoms with Crippen LogP contribution in [-0.2, 0) is 0 Å². The van der Waals surface area contributed by atoms with Crippen molar-refractivity contribution in [1.29, 1.82) is 0 Å². The predicted molar refractivity (Wildman–Crippen MR) is 44.7 cm³/mol. The molecule has 0 aromatic heterocycles. The van der Waals surface area contributed by atoms with Crippen molar-refractivity contribution in [1.82, 2.24) is 0 Å². The Morgan fingerprint density at radius 3 is 1.73 bits per heavy atom. The van der Waals surface area contributed by atoms with Gasteiger partial charge in [0.2, 0.25) is 0 Å². The van der Waals surface area contributed by atoms with Crippen molar-refractivity contribution in [3.63, 3.8) is 0 Å². The van der Waals surface area contributed by atoms with Crippen molar-refractivity contribution < 1.29 is 4.65 Å². The van der Waals surface area contributed by atoms with Crippen LogP contribution >= 0.6 is 0 Å². The van der Waals surface area contributed by atoms with Crippen LogP contribution in [0.3, 0.4) is 0 Å². The standard InChI is InChI=1S/C9H17NO/c1-10(11)6-8-2-3-9(7-10)5-4-8/h8-9H,2-7H2,1H3. The fourth-order valence-corrected chi connectivity index (χ4v) is 2.76. The van der Waals surface area contributed by atoms with Crippen LogP contribution in [0.1, 0.15) is 25.7 Å². The first-order chi connectivity index (χ1) is 5.16. The van der Waals surface area contributed by atoms with Crippen LogP contribution in [0.25, 0.3) is 0 Å². The molecule has 0 spiro atoms. The van der Waals surface area contributed by atoms with Crippen molar-refractivity contribution in [2.45, 2.75) is 25.7 Å². The maximum atomic E-state index is 11.7. The van der Waals surface area contributed by atoms with Crippen LogP contribution in [-0.4, -0.2) is 24.8 Å². The minimum atomic E-state index is 0.0370. The zero-order valence-electron chi connectivity index (χ0n) is 7.25. The molecule has 11 heavy (non-hydrogen) atoms. The molecular weight excluding hydrogens is 138 g/mol. The summed E-state index contributed by atoms with van der Waals surface area (Å²) in [5.41, 5.74) is 0. The van der Waals surface area contributed by atoms with Crippen molar-refractivity contribution in [3.05, 3.63) is 5.21 Å². The average Bonchev–Trinajstić information content (AvgIpc) is 2.12. The lowest BCUT2D eigenvalue weighted by Crippen LogP contribution is -2.41. The van der Waals surface area contributed by atoms with E-state index in [9.17, 15) is 5.21 Å². The van der Waals surface area contributed by atoms with Crippen LogP contribution in [0.15, 0.2) is 0 Å². The number of hydroxylamine groups is 3. The van der Waals surface area contributed by atoms with Crippen molar-refractivity contribution in [2.24, 2.45) is 11.8 Å². The van der Waals surface area contributed by atoms with Gasteiger partial charge in [-0.05, 0) is 25.7 Å². The molecule has 2 nitrogen and oxygen atoms in total. The molecule has 3 fully saturated rings. The van der Waals surface area contributed by atoms with E-state index in [0.717, 1.165) is 24.9 Å². The van der Waals surface area contributed by atoms with Gasteiger partial charge in [0, 0.05) is 11.8 Å². The third kappa shape index (κ3) is 1.57. The third-order valence-electron chi connectivity index (χ3n) is 3.26. The quantitative estimate of drug-likeness (QED) is 0.386. The van der Waals surface area contributed by atoms with E-state index in [1.54, 1.807) is 0 Å². The Bertz CT molecular complexity index is 132. The number of hydrogen-bond acceptors (Lipinski definition) is 1. The Labute approximate surface area is 68.4 Å². The monoisotopic (exact) mass is 155 g/mol. The fraction of sp³-hybridized carbons (Fsp3) is 1.00. The largest absolute Gasteiger partial charge is 0.633 e. The van der Waals surface area contributed by atoms with Crippen LogP contribution in [0, 0.1) is 17.0 Å². The molecule has 3 rings (SSSR count). The minimum Gasteiger partial charge on any atom is -0.633 e. The van der Waals surface area contributed by atoms with E-state index >= 15 is 0 Å². The van der Waals surface area contributed by atoms with Gasteiger partial charge in [0.15, 0.2) is 0 Å². The summed E-state index contributed by atoms with van der Waals surface area (Å²) in [6.07, 6.45) is 5.28. The number of quaternary nitrogens is 1. The molecule has 0 aromatic rings. The first-order valence-corrected chi connectivity index (χ1v) is 4.71. The summed E-state index contributed by atoms with van der Waals surface area (Å²) in [5.74, 6) is 1.49. The second-order valence-corrected chi connectivity index (χ2v) is 4.55. The molecule has 0 amide bonds. The molecule has 2 bridgehead atoms. The van der Waals surface area contributed by atoms with E-state index in [1.165, 1.54) is 25.7 Å². The lowest BCUT2D eigenvalue weighted by atomic mass is 9.84. The molecule has 2 heteroatoms. The molecule has 0 unspecified atom stereocenters. The second-order valence-electron chi connectivity index (χ2n) is 4.55. The van der Waals surface area contributed by atoms with Gasteiger partial charge in [0.05, 0.1) is 20.1 Å². The van der Waals surface area contributed by atoms with Crippen molar-refractivity contribution in [3.8, 4) is 0 Å². The van der Waals surface area contributed by atoms with E-state index in [-0.39, 0.29) is 4.65 Å². The molecular formula is C9H17NO. The highest BCUT2D eigenvalue weighted by Gasteiger charge is 2.33. The van der Waals surface area contributed by atoms with E-state index in [2.05, 4.69) is 0 Å². The number of nitrogens with zero attached hydrogens (tertiary/aromatic N) is 1. The highest BCUT2D eigenvalue weighted by atomic mass is 16.5. The van der Waals surface area contributed by atoms with Crippen LogP contribution in [0.5, 0.6) is 0 Å². The molecule has 2 heterocycles. The van der Waals surface area contributed by atoms with Gasteiger partial charge in [0.1, 0.15) is 0 Å². The number of hydrogen-bond donors (Lipinski definition) is 0. The highest BCUT2D eigenvalue weighted by Crippen LogP contribution is 2.35.